The van der Waals surface area contributed by atoms with Gasteiger partial charge in [-0.15, -0.1) is 11.3 Å². The maximum atomic E-state index is 14.2. The van der Waals surface area contributed by atoms with E-state index < -0.39 is 0 Å². The Morgan fingerprint density at radius 1 is 1.25 bits per heavy atom. The van der Waals surface area contributed by atoms with E-state index in [0.717, 1.165) is 0 Å². The second kappa shape index (κ2) is 7.07. The lowest BCUT2D eigenvalue weighted by molar-refractivity contribution is 0.102. The Labute approximate surface area is 152 Å². The second-order valence-corrected chi connectivity index (χ2v) is 6.99. The Kier molecular flexibility index (Phi) is 5.06. The Hall–Kier alpha value is -1.66. The lowest BCUT2D eigenvalue weighted by Crippen LogP contribution is -2.12. The van der Waals surface area contributed by atoms with Gasteiger partial charge in [-0.05, 0) is 30.3 Å². The normalized spacial score (nSPS) is 11.0. The fourth-order valence-electron chi connectivity index (χ4n) is 2.45. The van der Waals surface area contributed by atoms with Gasteiger partial charge in [0, 0.05) is 38.5 Å². The zero-order chi connectivity index (χ0) is 17.3. The molecule has 0 bridgehead atoms. The van der Waals surface area contributed by atoms with E-state index in [0.29, 0.717) is 36.3 Å². The molecule has 24 heavy (non-hydrogen) atoms. The standard InChI is InChI=1S/C17H12Cl2FNO2S/c1-23-8-12-15-13(20)3-2-4-14(15)24-16(12)17(22)21-11-6-9(18)5-10(19)7-11/h2-7H,8H2,1H3,(H,21,22). The van der Waals surface area contributed by atoms with Crippen LogP contribution in [0, 0.1) is 5.82 Å². The van der Waals surface area contributed by atoms with Crippen molar-refractivity contribution in [2.24, 2.45) is 0 Å². The summed E-state index contributed by atoms with van der Waals surface area (Å²) in [5, 5.41) is 3.99. The smallest absolute Gasteiger partial charge is 0.266 e. The minimum Gasteiger partial charge on any atom is -0.380 e. The van der Waals surface area contributed by atoms with Crippen LogP contribution in [0.2, 0.25) is 10.0 Å². The van der Waals surface area contributed by atoms with E-state index in [1.54, 1.807) is 30.3 Å². The number of rotatable bonds is 4. The molecule has 1 aromatic heterocycles. The van der Waals surface area contributed by atoms with Crippen LogP contribution in [0.15, 0.2) is 36.4 Å². The number of hydrogen-bond donors (Lipinski definition) is 1. The van der Waals surface area contributed by atoms with Crippen LogP contribution in [-0.4, -0.2) is 13.0 Å². The summed E-state index contributed by atoms with van der Waals surface area (Å²) in [7, 11) is 1.50. The van der Waals surface area contributed by atoms with Gasteiger partial charge in [-0.3, -0.25) is 4.79 Å². The number of fused-ring (bicyclic) bond motifs is 1. The molecule has 0 unspecified atom stereocenters. The molecule has 0 radical (unpaired) electrons. The van der Waals surface area contributed by atoms with Gasteiger partial charge in [-0.2, -0.15) is 0 Å². The minimum atomic E-state index is -0.374. The van der Waals surface area contributed by atoms with Gasteiger partial charge in [-0.1, -0.05) is 29.3 Å². The zero-order valence-electron chi connectivity index (χ0n) is 12.5. The average molecular weight is 384 g/mol. The molecule has 0 aliphatic carbocycles. The predicted molar refractivity (Wildman–Crippen MR) is 96.9 cm³/mol. The van der Waals surface area contributed by atoms with Gasteiger partial charge in [0.15, 0.2) is 0 Å². The third-order valence-corrected chi connectivity index (χ3v) is 5.01. The number of thiophene rings is 1. The van der Waals surface area contributed by atoms with E-state index in [9.17, 15) is 9.18 Å². The Balaban J connectivity index is 2.03. The molecule has 7 heteroatoms. The number of carbonyl (C=O) groups is 1. The summed E-state index contributed by atoms with van der Waals surface area (Å²) < 4.78 is 20.0. The Morgan fingerprint density at radius 2 is 1.96 bits per heavy atom. The Morgan fingerprint density at radius 3 is 2.62 bits per heavy atom. The molecule has 1 N–H and O–H groups in total. The van der Waals surface area contributed by atoms with Crippen LogP contribution in [0.3, 0.4) is 0 Å². The third kappa shape index (κ3) is 3.39. The number of methoxy groups -OCH3 is 1. The largest absolute Gasteiger partial charge is 0.380 e. The number of amides is 1. The van der Waals surface area contributed by atoms with Crippen LogP contribution in [0.5, 0.6) is 0 Å². The fraction of sp³-hybridized carbons (Fsp3) is 0.118. The molecule has 3 aromatic rings. The second-order valence-electron chi connectivity index (χ2n) is 5.07. The highest BCUT2D eigenvalue weighted by Gasteiger charge is 2.21. The van der Waals surface area contributed by atoms with Gasteiger partial charge >= 0.3 is 0 Å². The van der Waals surface area contributed by atoms with Gasteiger partial charge in [0.05, 0.1) is 11.5 Å². The summed E-state index contributed by atoms with van der Waals surface area (Å²) >= 11 is 13.1. The Bertz CT molecular complexity index is 906. The summed E-state index contributed by atoms with van der Waals surface area (Å²) in [6, 6.07) is 9.51. The van der Waals surface area contributed by atoms with Crippen molar-refractivity contribution in [3.63, 3.8) is 0 Å². The molecule has 0 spiro atoms. The summed E-state index contributed by atoms with van der Waals surface area (Å²) in [6.07, 6.45) is 0. The summed E-state index contributed by atoms with van der Waals surface area (Å²) in [5.74, 6) is -0.735. The molecule has 1 amide bonds. The molecule has 3 rings (SSSR count). The molecule has 2 aromatic carbocycles. The van der Waals surface area contributed by atoms with E-state index in [2.05, 4.69) is 5.32 Å². The molecule has 1 heterocycles. The van der Waals surface area contributed by atoms with E-state index in [-0.39, 0.29) is 18.3 Å². The first-order valence-electron chi connectivity index (χ1n) is 6.96. The van der Waals surface area contributed by atoms with Crippen LogP contribution < -0.4 is 5.32 Å². The number of hydrogen-bond acceptors (Lipinski definition) is 3. The van der Waals surface area contributed by atoms with Crippen LogP contribution in [0.1, 0.15) is 15.2 Å². The van der Waals surface area contributed by atoms with Crippen molar-refractivity contribution >= 4 is 56.2 Å². The number of nitrogens with one attached hydrogen (secondary N) is 1. The molecule has 0 saturated heterocycles. The van der Waals surface area contributed by atoms with E-state index in [4.69, 9.17) is 27.9 Å². The van der Waals surface area contributed by atoms with E-state index in [1.807, 2.05) is 0 Å². The minimum absolute atomic E-state index is 0.139. The number of anilines is 1. The molecule has 0 aliphatic rings. The molecule has 3 nitrogen and oxygen atoms in total. The highest BCUT2D eigenvalue weighted by molar-refractivity contribution is 7.21. The maximum Gasteiger partial charge on any atom is 0.266 e. The molecule has 124 valence electrons. The topological polar surface area (TPSA) is 38.3 Å². The molecule has 0 aliphatic heterocycles. The van der Waals surface area contributed by atoms with Crippen LogP contribution in [0.25, 0.3) is 10.1 Å². The monoisotopic (exact) mass is 383 g/mol. The first-order chi connectivity index (χ1) is 11.5. The van der Waals surface area contributed by atoms with E-state index >= 15 is 0 Å². The van der Waals surface area contributed by atoms with Gasteiger partial charge < -0.3 is 10.1 Å². The summed E-state index contributed by atoms with van der Waals surface area (Å²) in [5.41, 5.74) is 1.00. The highest BCUT2D eigenvalue weighted by Crippen LogP contribution is 2.34. The lowest BCUT2D eigenvalue weighted by atomic mass is 10.1. The zero-order valence-corrected chi connectivity index (χ0v) is 14.9. The summed E-state index contributed by atoms with van der Waals surface area (Å²) in [4.78, 5) is 13.0. The fourth-order valence-corrected chi connectivity index (χ4v) is 4.09. The molecule has 0 atom stereocenters. The van der Waals surface area contributed by atoms with Crippen molar-refractivity contribution in [1.82, 2.24) is 0 Å². The molecular formula is C17H12Cl2FNO2S. The van der Waals surface area contributed by atoms with Gasteiger partial charge in [0.2, 0.25) is 0 Å². The number of benzene rings is 2. The van der Waals surface area contributed by atoms with Crippen molar-refractivity contribution in [1.29, 1.82) is 0 Å². The molecule has 0 saturated carbocycles. The van der Waals surface area contributed by atoms with Gasteiger partial charge in [0.25, 0.3) is 5.91 Å². The number of halogens is 3. The van der Waals surface area contributed by atoms with Crippen molar-refractivity contribution < 1.29 is 13.9 Å². The van der Waals surface area contributed by atoms with Crippen molar-refractivity contribution in [3.8, 4) is 0 Å². The SMILES string of the molecule is COCc1c(C(=O)Nc2cc(Cl)cc(Cl)c2)sc2cccc(F)c12. The quantitative estimate of drug-likeness (QED) is 0.622. The summed E-state index contributed by atoms with van der Waals surface area (Å²) in [6.45, 7) is 0.139. The van der Waals surface area contributed by atoms with Crippen LogP contribution >= 0.6 is 34.5 Å². The lowest BCUT2D eigenvalue weighted by Gasteiger charge is -2.07. The first kappa shape index (κ1) is 17.2. The average Bonchev–Trinajstić information content (AvgIpc) is 2.87. The van der Waals surface area contributed by atoms with Crippen molar-refractivity contribution in [3.05, 3.63) is 62.7 Å². The number of carbonyl (C=O) groups excluding carboxylic acids is 1. The van der Waals surface area contributed by atoms with Crippen molar-refractivity contribution in [2.45, 2.75) is 6.61 Å². The van der Waals surface area contributed by atoms with E-state index in [1.165, 1.54) is 24.5 Å². The predicted octanol–water partition coefficient (Wildman–Crippen LogP) is 5.75. The number of ether oxygens (including phenoxy) is 1. The highest BCUT2D eigenvalue weighted by atomic mass is 35.5. The first-order valence-corrected chi connectivity index (χ1v) is 8.53. The van der Waals surface area contributed by atoms with Crippen LogP contribution in [0.4, 0.5) is 10.1 Å². The third-order valence-electron chi connectivity index (χ3n) is 3.38. The van der Waals surface area contributed by atoms with Crippen molar-refractivity contribution in [2.75, 3.05) is 12.4 Å². The molecular weight excluding hydrogens is 372 g/mol. The van der Waals surface area contributed by atoms with Gasteiger partial charge in [-0.25, -0.2) is 4.39 Å². The molecule has 0 fully saturated rings. The maximum absolute atomic E-state index is 14.2. The van der Waals surface area contributed by atoms with Gasteiger partial charge in [0.1, 0.15) is 5.82 Å². The van der Waals surface area contributed by atoms with Crippen LogP contribution in [-0.2, 0) is 11.3 Å².